The Bertz CT molecular complexity index is 280. The highest BCUT2D eigenvalue weighted by Crippen LogP contribution is 1.94. The topological polar surface area (TPSA) is 70.9 Å². The number of rotatable bonds is 7. The van der Waals surface area contributed by atoms with Crippen LogP contribution in [0.4, 0.5) is 0 Å². The van der Waals surface area contributed by atoms with Crippen molar-refractivity contribution in [3.63, 3.8) is 0 Å². The van der Waals surface area contributed by atoms with Crippen molar-refractivity contribution in [3.05, 3.63) is 18.7 Å². The number of nitrogens with two attached hydrogens (primary N) is 1. The summed E-state index contributed by atoms with van der Waals surface area (Å²) in [7, 11) is 2.05. The predicted octanol–water partition coefficient (Wildman–Crippen LogP) is 0.531. The molecule has 0 aliphatic carbocycles. The maximum atomic E-state index is 7.12. The van der Waals surface area contributed by atoms with Gasteiger partial charge in [-0.15, -0.1) is 0 Å². The van der Waals surface area contributed by atoms with Crippen LogP contribution in [0.1, 0.15) is 12.8 Å². The zero-order valence-electron chi connectivity index (χ0n) is 9.19. The van der Waals surface area contributed by atoms with E-state index in [1.165, 1.54) is 0 Å². The maximum absolute atomic E-state index is 7.12. The molecule has 0 unspecified atom stereocenters. The molecule has 0 amide bonds. The molecule has 1 aromatic heterocycles. The minimum Gasteiger partial charge on any atom is -0.388 e. The van der Waals surface area contributed by atoms with Gasteiger partial charge in [-0.05, 0) is 20.0 Å². The van der Waals surface area contributed by atoms with E-state index in [0.29, 0.717) is 6.42 Å². The molecular formula is C10H19N5. The summed E-state index contributed by atoms with van der Waals surface area (Å²) in [5.41, 5.74) is 5.29. The van der Waals surface area contributed by atoms with Crippen molar-refractivity contribution in [3.8, 4) is 0 Å². The summed E-state index contributed by atoms with van der Waals surface area (Å²) < 4.78 is 2.07. The highest BCUT2D eigenvalue weighted by atomic mass is 15.1. The molecular weight excluding hydrogens is 190 g/mol. The molecule has 0 saturated heterocycles. The maximum Gasteiger partial charge on any atom is 0.0945 e. The number of nitrogens with zero attached hydrogens (tertiary/aromatic N) is 3. The predicted molar refractivity (Wildman–Crippen MR) is 60.9 cm³/mol. The molecule has 0 spiro atoms. The van der Waals surface area contributed by atoms with E-state index in [9.17, 15) is 0 Å². The van der Waals surface area contributed by atoms with E-state index in [-0.39, 0.29) is 5.84 Å². The second kappa shape index (κ2) is 6.19. The molecule has 0 radical (unpaired) electrons. The van der Waals surface area contributed by atoms with Gasteiger partial charge in [0.15, 0.2) is 0 Å². The first-order valence-corrected chi connectivity index (χ1v) is 5.15. The molecule has 0 saturated carbocycles. The van der Waals surface area contributed by atoms with E-state index in [1.807, 2.05) is 12.5 Å². The number of hydrogen-bond acceptors (Lipinski definition) is 3. The van der Waals surface area contributed by atoms with Gasteiger partial charge in [-0.1, -0.05) is 0 Å². The minimum absolute atomic E-state index is 0.261. The van der Waals surface area contributed by atoms with Crippen LogP contribution in [0.15, 0.2) is 18.7 Å². The fourth-order valence-corrected chi connectivity index (χ4v) is 1.37. The number of hydrogen-bond donors (Lipinski definition) is 2. The van der Waals surface area contributed by atoms with Gasteiger partial charge in [0.25, 0.3) is 0 Å². The molecule has 0 aliphatic rings. The SMILES string of the molecule is CN(CCCn1ccnc1)CCC(=N)N. The van der Waals surface area contributed by atoms with Crippen LogP contribution in [-0.2, 0) is 6.54 Å². The van der Waals surface area contributed by atoms with E-state index in [2.05, 4.69) is 21.5 Å². The van der Waals surface area contributed by atoms with Crippen LogP contribution < -0.4 is 5.73 Å². The van der Waals surface area contributed by atoms with E-state index >= 15 is 0 Å². The molecule has 0 fully saturated rings. The van der Waals surface area contributed by atoms with Gasteiger partial charge >= 0.3 is 0 Å². The average molecular weight is 209 g/mol. The van der Waals surface area contributed by atoms with Crippen LogP contribution >= 0.6 is 0 Å². The summed E-state index contributed by atoms with van der Waals surface area (Å²) in [6.45, 7) is 2.87. The van der Waals surface area contributed by atoms with Crippen LogP contribution in [0.5, 0.6) is 0 Å². The lowest BCUT2D eigenvalue weighted by molar-refractivity contribution is 0.330. The standard InChI is InChI=1S/C10H19N5/c1-14(7-3-10(11)12)5-2-6-15-8-4-13-9-15/h4,8-9H,2-3,5-7H2,1H3,(H3,11,12). The molecule has 84 valence electrons. The highest BCUT2D eigenvalue weighted by molar-refractivity contribution is 5.76. The third-order valence-electron chi connectivity index (χ3n) is 2.28. The van der Waals surface area contributed by atoms with Gasteiger partial charge in [0, 0.05) is 31.9 Å². The quantitative estimate of drug-likeness (QED) is 0.508. The summed E-state index contributed by atoms with van der Waals surface area (Å²) in [4.78, 5) is 6.18. The molecule has 15 heavy (non-hydrogen) atoms. The Balaban J connectivity index is 2.06. The molecule has 1 aromatic rings. The Hall–Kier alpha value is -1.36. The number of aromatic nitrogens is 2. The van der Waals surface area contributed by atoms with Crippen molar-refractivity contribution in [2.24, 2.45) is 5.73 Å². The summed E-state index contributed by atoms with van der Waals surface area (Å²) >= 11 is 0. The van der Waals surface area contributed by atoms with Gasteiger partial charge in [-0.2, -0.15) is 0 Å². The summed E-state index contributed by atoms with van der Waals surface area (Å²) in [6.07, 6.45) is 7.33. The fourth-order valence-electron chi connectivity index (χ4n) is 1.37. The average Bonchev–Trinajstić information content (AvgIpc) is 2.67. The third-order valence-corrected chi connectivity index (χ3v) is 2.28. The summed E-state index contributed by atoms with van der Waals surface area (Å²) in [6, 6.07) is 0. The molecule has 1 heterocycles. The lowest BCUT2D eigenvalue weighted by Crippen LogP contribution is -2.25. The number of imidazole rings is 1. The fraction of sp³-hybridized carbons (Fsp3) is 0.600. The highest BCUT2D eigenvalue weighted by Gasteiger charge is 1.99. The van der Waals surface area contributed by atoms with Crippen molar-refractivity contribution < 1.29 is 0 Å². The van der Waals surface area contributed by atoms with Crippen LogP contribution in [0.25, 0.3) is 0 Å². The lowest BCUT2D eigenvalue weighted by Gasteiger charge is -2.15. The molecule has 0 atom stereocenters. The normalized spacial score (nSPS) is 10.8. The van der Waals surface area contributed by atoms with Gasteiger partial charge in [-0.25, -0.2) is 4.98 Å². The molecule has 5 heteroatoms. The summed E-state index contributed by atoms with van der Waals surface area (Å²) in [5, 5.41) is 7.12. The molecule has 0 aromatic carbocycles. The number of nitrogens with one attached hydrogen (secondary N) is 1. The largest absolute Gasteiger partial charge is 0.388 e. The van der Waals surface area contributed by atoms with Gasteiger partial charge in [0.2, 0.25) is 0 Å². The first kappa shape index (κ1) is 11.7. The monoisotopic (exact) mass is 209 g/mol. The Labute approximate surface area is 90.4 Å². The second-order valence-corrected chi connectivity index (χ2v) is 3.73. The first-order chi connectivity index (χ1) is 7.18. The van der Waals surface area contributed by atoms with E-state index in [1.54, 1.807) is 6.20 Å². The van der Waals surface area contributed by atoms with Crippen LogP contribution in [0.2, 0.25) is 0 Å². The van der Waals surface area contributed by atoms with Gasteiger partial charge < -0.3 is 15.2 Å². The summed E-state index contributed by atoms with van der Waals surface area (Å²) in [5.74, 6) is 0.261. The van der Waals surface area contributed by atoms with Crippen LogP contribution in [-0.4, -0.2) is 40.4 Å². The van der Waals surface area contributed by atoms with Crippen molar-refractivity contribution in [2.45, 2.75) is 19.4 Å². The molecule has 1 rings (SSSR count). The minimum atomic E-state index is 0.261. The number of aryl methyl sites for hydroxylation is 1. The van der Waals surface area contributed by atoms with Gasteiger partial charge in [-0.3, -0.25) is 5.41 Å². The van der Waals surface area contributed by atoms with Crippen molar-refractivity contribution in [1.82, 2.24) is 14.5 Å². The first-order valence-electron chi connectivity index (χ1n) is 5.15. The Morgan fingerprint density at radius 2 is 2.33 bits per heavy atom. The van der Waals surface area contributed by atoms with E-state index in [0.717, 1.165) is 26.1 Å². The molecule has 5 nitrogen and oxygen atoms in total. The molecule has 0 aliphatic heterocycles. The van der Waals surface area contributed by atoms with Gasteiger partial charge in [0.1, 0.15) is 0 Å². The van der Waals surface area contributed by atoms with Crippen molar-refractivity contribution in [2.75, 3.05) is 20.1 Å². The van der Waals surface area contributed by atoms with Crippen molar-refractivity contribution in [1.29, 1.82) is 5.41 Å². The Morgan fingerprint density at radius 1 is 1.53 bits per heavy atom. The van der Waals surface area contributed by atoms with Gasteiger partial charge in [0.05, 0.1) is 12.2 Å². The van der Waals surface area contributed by atoms with Crippen LogP contribution in [0.3, 0.4) is 0 Å². The van der Waals surface area contributed by atoms with E-state index in [4.69, 9.17) is 11.1 Å². The second-order valence-electron chi connectivity index (χ2n) is 3.73. The Kier molecular flexibility index (Phi) is 4.83. The van der Waals surface area contributed by atoms with Crippen molar-refractivity contribution >= 4 is 5.84 Å². The lowest BCUT2D eigenvalue weighted by atomic mass is 10.3. The molecule has 0 bridgehead atoms. The van der Waals surface area contributed by atoms with Crippen LogP contribution in [0, 0.1) is 5.41 Å². The molecule has 3 N–H and O–H groups in total. The Morgan fingerprint density at radius 3 is 2.93 bits per heavy atom. The zero-order valence-corrected chi connectivity index (χ0v) is 9.19. The van der Waals surface area contributed by atoms with E-state index < -0.39 is 0 Å². The zero-order chi connectivity index (χ0) is 11.1. The third kappa shape index (κ3) is 5.17. The smallest absolute Gasteiger partial charge is 0.0945 e. The number of amidine groups is 1.